The molecule has 0 saturated heterocycles. The average molecular weight is 361 g/mol. The first-order valence-electron chi connectivity index (χ1n) is 7.32. The van der Waals surface area contributed by atoms with Crippen molar-refractivity contribution in [1.82, 2.24) is 0 Å². The van der Waals surface area contributed by atoms with Gasteiger partial charge in [0.05, 0.1) is 11.1 Å². The van der Waals surface area contributed by atoms with Crippen molar-refractivity contribution < 1.29 is 23.5 Å². The topological polar surface area (TPSA) is 72.5 Å². The van der Waals surface area contributed by atoms with Crippen LogP contribution in [0.3, 0.4) is 0 Å². The molecule has 2 aromatic rings. The lowest BCUT2D eigenvalue weighted by atomic mass is 10.1. The first-order chi connectivity index (χ1) is 11.9. The van der Waals surface area contributed by atoms with Crippen molar-refractivity contribution in [3.05, 3.63) is 59.4 Å². The molecule has 0 aromatic heterocycles. The lowest BCUT2D eigenvalue weighted by molar-refractivity contribution is -0.114. The second kappa shape index (κ2) is 8.43. The van der Waals surface area contributed by atoms with E-state index in [1.165, 1.54) is 30.8 Å². The number of thioether (sulfide) groups is 1. The molecule has 25 heavy (non-hydrogen) atoms. The van der Waals surface area contributed by atoms with E-state index in [2.05, 4.69) is 5.32 Å². The van der Waals surface area contributed by atoms with Crippen molar-refractivity contribution in [2.75, 3.05) is 18.2 Å². The lowest BCUT2D eigenvalue weighted by Crippen LogP contribution is -2.16. The highest BCUT2D eigenvalue weighted by Gasteiger charge is 2.16. The molecule has 2 rings (SSSR count). The molecule has 7 heteroatoms. The molecular weight excluding hydrogens is 345 g/mol. The minimum atomic E-state index is -0.795. The summed E-state index contributed by atoms with van der Waals surface area (Å²) < 4.78 is 18.9. The number of ether oxygens (including phenoxy) is 1. The zero-order valence-corrected chi connectivity index (χ0v) is 14.5. The fraction of sp³-hybridized carbons (Fsp3) is 0.167. The number of anilines is 1. The summed E-state index contributed by atoms with van der Waals surface area (Å²) in [6.07, 6.45) is 1.91. The Bertz CT molecular complexity index is 805. The van der Waals surface area contributed by atoms with Crippen LogP contribution >= 0.6 is 11.8 Å². The fourth-order valence-electron chi connectivity index (χ4n) is 2.04. The largest absolute Gasteiger partial charge is 0.454 e. The van der Waals surface area contributed by atoms with E-state index in [0.717, 1.165) is 11.0 Å². The van der Waals surface area contributed by atoms with E-state index >= 15 is 0 Å². The Morgan fingerprint density at radius 3 is 2.36 bits per heavy atom. The maximum atomic E-state index is 14.0. The number of hydrogen-bond acceptors (Lipinski definition) is 5. The standard InChI is InChI=1S/C18H16FNO4S/c1-11(21)20-13-5-8-15(16(19)9-13)17(22)10-24-18(23)12-3-6-14(25-2)7-4-12/h3-9H,10H2,1-2H3,(H,20,21). The molecule has 0 atom stereocenters. The normalized spacial score (nSPS) is 10.2. The summed E-state index contributed by atoms with van der Waals surface area (Å²) in [6.45, 7) is 0.724. The van der Waals surface area contributed by atoms with Crippen LogP contribution in [0, 0.1) is 5.82 Å². The average Bonchev–Trinajstić information content (AvgIpc) is 2.59. The van der Waals surface area contributed by atoms with Crippen LogP contribution in [0.25, 0.3) is 0 Å². The highest BCUT2D eigenvalue weighted by atomic mass is 32.2. The molecule has 1 amide bonds. The second-order valence-corrected chi connectivity index (χ2v) is 5.98. The number of amides is 1. The number of rotatable bonds is 6. The zero-order chi connectivity index (χ0) is 18.4. The van der Waals surface area contributed by atoms with Crippen LogP contribution in [0.4, 0.5) is 10.1 Å². The van der Waals surface area contributed by atoms with Crippen molar-refractivity contribution in [2.45, 2.75) is 11.8 Å². The molecule has 0 aliphatic carbocycles. The number of hydrogen-bond donors (Lipinski definition) is 1. The molecule has 1 N–H and O–H groups in total. The van der Waals surface area contributed by atoms with Crippen LogP contribution in [0.5, 0.6) is 0 Å². The first-order valence-corrected chi connectivity index (χ1v) is 8.54. The summed E-state index contributed by atoms with van der Waals surface area (Å²) in [7, 11) is 0. The summed E-state index contributed by atoms with van der Waals surface area (Å²) >= 11 is 1.54. The van der Waals surface area contributed by atoms with Crippen LogP contribution in [-0.2, 0) is 9.53 Å². The number of Topliss-reactive ketones (excluding diaryl/α,β-unsaturated/α-hetero) is 1. The molecule has 5 nitrogen and oxygen atoms in total. The fourth-order valence-corrected chi connectivity index (χ4v) is 2.45. The van der Waals surface area contributed by atoms with Crippen LogP contribution in [0.2, 0.25) is 0 Å². The Balaban J connectivity index is 1.99. The third kappa shape index (κ3) is 5.15. The third-order valence-electron chi connectivity index (χ3n) is 3.25. The molecule has 0 bridgehead atoms. The van der Waals surface area contributed by atoms with Crippen LogP contribution in [0.1, 0.15) is 27.6 Å². The Morgan fingerprint density at radius 2 is 1.80 bits per heavy atom. The van der Waals surface area contributed by atoms with Gasteiger partial charge < -0.3 is 10.1 Å². The Morgan fingerprint density at radius 1 is 1.12 bits per heavy atom. The molecule has 0 unspecified atom stereocenters. The second-order valence-electron chi connectivity index (χ2n) is 5.10. The first kappa shape index (κ1) is 18.7. The van der Waals surface area contributed by atoms with Gasteiger partial charge in [-0.25, -0.2) is 9.18 Å². The Labute approximate surface area is 148 Å². The van der Waals surface area contributed by atoms with E-state index in [1.807, 2.05) is 6.26 Å². The predicted octanol–water partition coefficient (Wildman–Crippen LogP) is 3.55. The third-order valence-corrected chi connectivity index (χ3v) is 3.99. The van der Waals surface area contributed by atoms with Crippen molar-refractivity contribution in [3.63, 3.8) is 0 Å². The van der Waals surface area contributed by atoms with E-state index in [-0.39, 0.29) is 17.2 Å². The van der Waals surface area contributed by atoms with Crippen molar-refractivity contribution in [2.24, 2.45) is 0 Å². The summed E-state index contributed by atoms with van der Waals surface area (Å²) in [5.41, 5.74) is 0.346. The van der Waals surface area contributed by atoms with E-state index in [9.17, 15) is 18.8 Å². The summed E-state index contributed by atoms with van der Waals surface area (Å²) in [6, 6.07) is 10.4. The van der Waals surface area contributed by atoms with E-state index in [0.29, 0.717) is 5.56 Å². The molecule has 130 valence electrons. The minimum Gasteiger partial charge on any atom is -0.454 e. The van der Waals surface area contributed by atoms with Gasteiger partial charge in [-0.15, -0.1) is 11.8 Å². The van der Waals surface area contributed by atoms with Crippen LogP contribution in [-0.4, -0.2) is 30.5 Å². The molecule has 0 fully saturated rings. The summed E-state index contributed by atoms with van der Waals surface area (Å²) in [4.78, 5) is 35.9. The number of nitrogens with one attached hydrogen (secondary N) is 1. The summed E-state index contributed by atoms with van der Waals surface area (Å²) in [5, 5.41) is 2.42. The highest BCUT2D eigenvalue weighted by Crippen LogP contribution is 2.17. The van der Waals surface area contributed by atoms with E-state index in [4.69, 9.17) is 4.74 Å². The number of halogens is 1. The molecular formula is C18H16FNO4S. The van der Waals surface area contributed by atoms with Gasteiger partial charge in [0.2, 0.25) is 11.7 Å². The lowest BCUT2D eigenvalue weighted by Gasteiger charge is -2.07. The molecule has 2 aromatic carbocycles. The van der Waals surface area contributed by atoms with Gasteiger partial charge in [-0.2, -0.15) is 0 Å². The van der Waals surface area contributed by atoms with Gasteiger partial charge in [0.25, 0.3) is 0 Å². The van der Waals surface area contributed by atoms with Gasteiger partial charge in [-0.1, -0.05) is 0 Å². The monoisotopic (exact) mass is 361 g/mol. The van der Waals surface area contributed by atoms with Gasteiger partial charge in [-0.3, -0.25) is 9.59 Å². The Hall–Kier alpha value is -2.67. The van der Waals surface area contributed by atoms with Crippen LogP contribution < -0.4 is 5.32 Å². The minimum absolute atomic E-state index is 0.209. The van der Waals surface area contributed by atoms with Crippen molar-refractivity contribution >= 4 is 35.1 Å². The SMILES string of the molecule is CSc1ccc(C(=O)OCC(=O)c2ccc(NC(C)=O)cc2F)cc1. The van der Waals surface area contributed by atoms with Crippen LogP contribution in [0.15, 0.2) is 47.4 Å². The maximum Gasteiger partial charge on any atom is 0.338 e. The zero-order valence-electron chi connectivity index (χ0n) is 13.7. The molecule has 0 spiro atoms. The number of benzene rings is 2. The molecule has 0 radical (unpaired) electrons. The molecule has 0 aliphatic rings. The molecule has 0 heterocycles. The van der Waals surface area contributed by atoms with Gasteiger partial charge in [0.15, 0.2) is 6.61 Å². The van der Waals surface area contributed by atoms with E-state index in [1.54, 1.807) is 24.3 Å². The number of carbonyl (C=O) groups is 3. The van der Waals surface area contributed by atoms with Crippen molar-refractivity contribution in [3.8, 4) is 0 Å². The number of carbonyl (C=O) groups excluding carboxylic acids is 3. The maximum absolute atomic E-state index is 14.0. The summed E-state index contributed by atoms with van der Waals surface area (Å²) in [5.74, 6) is -2.46. The quantitative estimate of drug-likeness (QED) is 0.484. The molecule has 0 saturated carbocycles. The van der Waals surface area contributed by atoms with Gasteiger partial charge in [-0.05, 0) is 48.7 Å². The molecule has 0 aliphatic heterocycles. The Kier molecular flexibility index (Phi) is 6.30. The van der Waals surface area contributed by atoms with E-state index < -0.39 is 24.2 Å². The predicted molar refractivity (Wildman–Crippen MR) is 93.5 cm³/mol. The van der Waals surface area contributed by atoms with Gasteiger partial charge >= 0.3 is 5.97 Å². The number of esters is 1. The highest BCUT2D eigenvalue weighted by molar-refractivity contribution is 7.98. The smallest absolute Gasteiger partial charge is 0.338 e. The van der Waals surface area contributed by atoms with Gasteiger partial charge in [0.1, 0.15) is 5.82 Å². The van der Waals surface area contributed by atoms with Gasteiger partial charge in [0, 0.05) is 17.5 Å². The van der Waals surface area contributed by atoms with Crippen molar-refractivity contribution in [1.29, 1.82) is 0 Å². The number of ketones is 1.